The van der Waals surface area contributed by atoms with Gasteiger partial charge in [-0.3, -0.25) is 4.79 Å². The van der Waals surface area contributed by atoms with Crippen molar-refractivity contribution in [1.29, 1.82) is 0 Å². The molecule has 5 rings (SSSR count). The van der Waals surface area contributed by atoms with Gasteiger partial charge >= 0.3 is 0 Å². The summed E-state index contributed by atoms with van der Waals surface area (Å²) in [5.41, 5.74) is 5.76. The van der Waals surface area contributed by atoms with Gasteiger partial charge in [0, 0.05) is 26.8 Å². The summed E-state index contributed by atoms with van der Waals surface area (Å²) in [5.74, 6) is 0. The Labute approximate surface area is 196 Å². The van der Waals surface area contributed by atoms with Crippen molar-refractivity contribution in [3.05, 3.63) is 64.0 Å². The fourth-order valence-corrected chi connectivity index (χ4v) is 6.70. The Kier molecular flexibility index (Phi) is 5.40. The second-order valence-electron chi connectivity index (χ2n) is 8.93. The normalized spacial score (nSPS) is 15.1. The zero-order chi connectivity index (χ0) is 21.6. The van der Waals surface area contributed by atoms with Gasteiger partial charge in [0.2, 0.25) is 0 Å². The first-order chi connectivity index (χ1) is 14.9. The number of carbonyl (C=O) groups excluding carboxylic acids is 1. The van der Waals surface area contributed by atoms with E-state index in [1.54, 1.807) is 22.7 Å². The molecular weight excluding hydrogens is 440 g/mol. The number of thiazole rings is 1. The van der Waals surface area contributed by atoms with Gasteiger partial charge in [-0.1, -0.05) is 49.4 Å². The zero-order valence-corrected chi connectivity index (χ0v) is 20.1. The number of carbonyl (C=O) groups is 1. The average molecular weight is 465 g/mol. The van der Waals surface area contributed by atoms with E-state index in [2.05, 4.69) is 61.0 Å². The number of hydrogen-bond acceptors (Lipinski definition) is 6. The molecule has 0 aliphatic heterocycles. The minimum Gasteiger partial charge on any atom is -0.357 e. The van der Waals surface area contributed by atoms with Crippen LogP contribution >= 0.6 is 35.3 Å². The van der Waals surface area contributed by atoms with Crippen LogP contribution in [0.2, 0.25) is 0 Å². The zero-order valence-electron chi connectivity index (χ0n) is 17.6. The highest BCUT2D eigenvalue weighted by atomic mass is 32.1. The lowest BCUT2D eigenvalue weighted by Gasteiger charge is -2.29. The van der Waals surface area contributed by atoms with Crippen LogP contribution in [0.1, 0.15) is 46.6 Å². The Morgan fingerprint density at radius 1 is 1.16 bits per heavy atom. The minimum atomic E-state index is 0.272. The Morgan fingerprint density at radius 3 is 2.74 bits per heavy atom. The van der Waals surface area contributed by atoms with Crippen molar-refractivity contribution in [3.63, 3.8) is 0 Å². The summed E-state index contributed by atoms with van der Waals surface area (Å²) in [6.45, 7) is 5.31. The van der Waals surface area contributed by atoms with Crippen LogP contribution in [0, 0.1) is 5.41 Å². The average Bonchev–Trinajstić information content (AvgIpc) is 3.31. The maximum absolute atomic E-state index is 12.0. The predicted octanol–water partition coefficient (Wildman–Crippen LogP) is 7.25. The maximum atomic E-state index is 12.0. The Hall–Kier alpha value is -2.15. The first-order valence-corrected chi connectivity index (χ1v) is 12.5. The van der Waals surface area contributed by atoms with Gasteiger partial charge in [0.25, 0.3) is 0 Å². The molecule has 1 aliphatic rings. The molecule has 0 saturated carbocycles. The molecule has 0 bridgehead atoms. The summed E-state index contributed by atoms with van der Waals surface area (Å²) in [5, 5.41) is 4.34. The van der Waals surface area contributed by atoms with Crippen molar-refractivity contribution < 1.29 is 4.79 Å². The minimum absolute atomic E-state index is 0.272. The van der Waals surface area contributed by atoms with Crippen LogP contribution in [0.4, 0.5) is 5.13 Å². The van der Waals surface area contributed by atoms with Crippen LogP contribution < -0.4 is 5.32 Å². The van der Waals surface area contributed by atoms with E-state index in [-0.39, 0.29) is 5.41 Å². The molecule has 0 saturated heterocycles. The van der Waals surface area contributed by atoms with E-state index >= 15 is 0 Å². The van der Waals surface area contributed by atoms with E-state index < -0.39 is 0 Å². The highest BCUT2D eigenvalue weighted by molar-refractivity contribution is 7.80. The van der Waals surface area contributed by atoms with E-state index in [0.717, 1.165) is 55.4 Å². The van der Waals surface area contributed by atoms with Gasteiger partial charge in [-0.15, -0.1) is 24.0 Å². The summed E-state index contributed by atoms with van der Waals surface area (Å²) in [4.78, 5) is 20.1. The van der Waals surface area contributed by atoms with E-state index in [9.17, 15) is 4.79 Å². The lowest BCUT2D eigenvalue weighted by atomic mass is 9.76. The van der Waals surface area contributed by atoms with Crippen molar-refractivity contribution in [2.75, 3.05) is 5.32 Å². The monoisotopic (exact) mass is 464 g/mol. The maximum Gasteiger partial charge on any atom is 0.184 e. The number of anilines is 1. The van der Waals surface area contributed by atoms with Crippen molar-refractivity contribution >= 4 is 56.9 Å². The molecule has 0 unspecified atom stereocenters. The summed E-state index contributed by atoms with van der Waals surface area (Å²) in [7, 11) is 0. The molecule has 3 nitrogen and oxygen atoms in total. The molecule has 1 N–H and O–H groups in total. The lowest BCUT2D eigenvalue weighted by Crippen LogP contribution is -2.21. The summed E-state index contributed by atoms with van der Waals surface area (Å²) < 4.78 is 1.14. The lowest BCUT2D eigenvalue weighted by molar-refractivity contribution is 0.112. The highest BCUT2D eigenvalue weighted by Gasteiger charge is 2.30. The Balaban J connectivity index is 1.34. The number of hydrogen-bond donors (Lipinski definition) is 2. The number of nitrogens with zero attached hydrogens (tertiary/aromatic N) is 1. The Morgan fingerprint density at radius 2 is 1.97 bits per heavy atom. The first-order valence-electron chi connectivity index (χ1n) is 10.4. The molecule has 158 valence electrons. The fourth-order valence-electron chi connectivity index (χ4n) is 4.22. The molecule has 4 aromatic rings. The van der Waals surface area contributed by atoms with Crippen molar-refractivity contribution in [2.24, 2.45) is 5.41 Å². The molecular formula is C25H24N2OS3. The quantitative estimate of drug-likeness (QED) is 0.241. The number of fused-ring (bicyclic) bond motifs is 2. The van der Waals surface area contributed by atoms with Crippen LogP contribution in [0.5, 0.6) is 0 Å². The van der Waals surface area contributed by atoms with Crippen LogP contribution in [0.15, 0.2) is 47.4 Å². The molecule has 0 radical (unpaired) electrons. The third-order valence-electron chi connectivity index (χ3n) is 5.97. The number of thiol groups is 1. The largest absolute Gasteiger partial charge is 0.357 e. The summed E-state index contributed by atoms with van der Waals surface area (Å²) >= 11 is 7.84. The molecule has 1 aliphatic carbocycles. The number of rotatable bonds is 5. The van der Waals surface area contributed by atoms with Gasteiger partial charge in [-0.25, -0.2) is 4.98 Å². The van der Waals surface area contributed by atoms with Crippen molar-refractivity contribution in [3.8, 4) is 10.4 Å². The standard InChI is InChI=1S/C25H24N2OS3/c1-25(2)10-9-21-18(12-25)19(14-28)23(30-21)16-5-3-15(4-6-16)13-26-24-27-20-8-7-17(29)11-22(20)31-24/h3-8,11,14,29H,9-10,12-13H2,1-2H3,(H,26,27). The second kappa shape index (κ2) is 8.08. The van der Waals surface area contributed by atoms with Gasteiger partial charge in [-0.2, -0.15) is 0 Å². The third-order valence-corrected chi connectivity index (χ3v) is 8.58. The smallest absolute Gasteiger partial charge is 0.184 e. The Bertz CT molecular complexity index is 1270. The molecule has 2 aromatic carbocycles. The SMILES string of the molecule is CC1(C)CCc2sc(-c3ccc(CNc4nc5ccc(S)cc5s4)cc3)c(C=O)c2C1. The molecule has 0 amide bonds. The van der Waals surface area contributed by atoms with Crippen molar-refractivity contribution in [2.45, 2.75) is 44.6 Å². The van der Waals surface area contributed by atoms with Gasteiger partial charge in [-0.05, 0) is 59.6 Å². The topological polar surface area (TPSA) is 42.0 Å². The van der Waals surface area contributed by atoms with Crippen LogP contribution in [0.25, 0.3) is 20.7 Å². The van der Waals surface area contributed by atoms with E-state index in [0.29, 0.717) is 6.54 Å². The van der Waals surface area contributed by atoms with Crippen LogP contribution in [-0.2, 0) is 19.4 Å². The van der Waals surface area contributed by atoms with Gasteiger partial charge in [0.05, 0.1) is 10.2 Å². The predicted molar refractivity (Wildman–Crippen MR) is 135 cm³/mol. The number of nitrogens with one attached hydrogen (secondary N) is 1. The number of benzene rings is 2. The fraction of sp³-hybridized carbons (Fsp3) is 0.280. The van der Waals surface area contributed by atoms with Crippen LogP contribution in [-0.4, -0.2) is 11.3 Å². The number of thiophene rings is 1. The van der Waals surface area contributed by atoms with E-state index in [1.807, 2.05) is 18.2 Å². The van der Waals surface area contributed by atoms with Crippen molar-refractivity contribution in [1.82, 2.24) is 4.98 Å². The highest BCUT2D eigenvalue weighted by Crippen LogP contribution is 2.44. The summed E-state index contributed by atoms with van der Waals surface area (Å²) in [6, 6.07) is 14.6. The van der Waals surface area contributed by atoms with E-state index in [1.165, 1.54) is 22.4 Å². The molecule has 6 heteroatoms. The molecule has 0 fully saturated rings. The van der Waals surface area contributed by atoms with Gasteiger partial charge < -0.3 is 5.32 Å². The number of aldehydes is 1. The second-order valence-corrected chi connectivity index (χ2v) is 11.6. The van der Waals surface area contributed by atoms with E-state index in [4.69, 9.17) is 0 Å². The molecule has 2 heterocycles. The third kappa shape index (κ3) is 4.16. The first kappa shape index (κ1) is 20.7. The van der Waals surface area contributed by atoms with Gasteiger partial charge in [0.1, 0.15) is 0 Å². The summed E-state index contributed by atoms with van der Waals surface area (Å²) in [6.07, 6.45) is 4.31. The molecule has 0 spiro atoms. The number of aryl methyl sites for hydroxylation is 1. The molecule has 0 atom stereocenters. The molecule has 2 aromatic heterocycles. The van der Waals surface area contributed by atoms with Gasteiger partial charge in [0.15, 0.2) is 11.4 Å². The van der Waals surface area contributed by atoms with Crippen LogP contribution in [0.3, 0.4) is 0 Å². The molecule has 31 heavy (non-hydrogen) atoms. The number of aromatic nitrogens is 1.